The van der Waals surface area contributed by atoms with E-state index in [-0.39, 0.29) is 24.2 Å². The quantitative estimate of drug-likeness (QED) is 0.405. The number of aryl methyl sites for hydroxylation is 1. The molecule has 0 aliphatic heterocycles. The van der Waals surface area contributed by atoms with Crippen LogP contribution in [0.3, 0.4) is 0 Å². The summed E-state index contributed by atoms with van der Waals surface area (Å²) >= 11 is 1.62. The molecule has 2 rings (SSSR count). The molecule has 6 heteroatoms. The Kier molecular flexibility index (Phi) is 9.87. The third kappa shape index (κ3) is 7.82. The highest BCUT2D eigenvalue weighted by atomic mass is 32.2. The largest absolute Gasteiger partial charge is 0.354 e. The van der Waals surface area contributed by atoms with Gasteiger partial charge in [-0.2, -0.15) is 0 Å². The van der Waals surface area contributed by atoms with Crippen molar-refractivity contribution >= 4 is 23.6 Å². The van der Waals surface area contributed by atoms with E-state index in [1.807, 2.05) is 31.2 Å². The third-order valence-electron chi connectivity index (χ3n) is 4.87. The van der Waals surface area contributed by atoms with E-state index in [1.165, 1.54) is 17.7 Å². The zero-order chi connectivity index (χ0) is 21.9. The van der Waals surface area contributed by atoms with Gasteiger partial charge in [-0.05, 0) is 50.1 Å². The molecule has 0 bridgehead atoms. The number of thioether (sulfide) groups is 1. The summed E-state index contributed by atoms with van der Waals surface area (Å²) in [5.74, 6) is 0.0603. The number of nitrogens with one attached hydrogen (secondary N) is 1. The van der Waals surface area contributed by atoms with Gasteiger partial charge in [-0.25, -0.2) is 4.39 Å². The molecule has 2 aromatic carbocycles. The van der Waals surface area contributed by atoms with Crippen LogP contribution in [0.25, 0.3) is 0 Å². The van der Waals surface area contributed by atoms with Crippen LogP contribution in [0.1, 0.15) is 44.2 Å². The molecule has 30 heavy (non-hydrogen) atoms. The number of amides is 2. The molecule has 162 valence electrons. The van der Waals surface area contributed by atoms with Gasteiger partial charge in [0.05, 0.1) is 0 Å². The molecule has 0 aliphatic carbocycles. The molecule has 1 atom stereocenters. The molecule has 4 nitrogen and oxygen atoms in total. The molecule has 0 aliphatic rings. The third-order valence-corrected chi connectivity index (χ3v) is 5.88. The first kappa shape index (κ1) is 23.9. The molecule has 0 spiro atoms. The van der Waals surface area contributed by atoms with Crippen molar-refractivity contribution in [1.82, 2.24) is 10.2 Å². The Hall–Kier alpha value is -2.34. The molecule has 2 aromatic rings. The number of unbranched alkanes of at least 4 members (excludes halogenated alkanes) is 1. The second-order valence-electron chi connectivity index (χ2n) is 7.38. The Bertz CT molecular complexity index is 809. The Balaban J connectivity index is 2.02. The van der Waals surface area contributed by atoms with Crippen molar-refractivity contribution < 1.29 is 14.0 Å². The molecule has 0 fully saturated rings. The fourth-order valence-electron chi connectivity index (χ4n) is 2.94. The first-order valence-electron chi connectivity index (χ1n) is 10.4. The van der Waals surface area contributed by atoms with Crippen molar-refractivity contribution in [3.05, 3.63) is 65.5 Å². The number of nitrogens with zero attached hydrogens (tertiary/aromatic N) is 1. The molecule has 0 radical (unpaired) electrons. The maximum Gasteiger partial charge on any atom is 0.242 e. The maximum atomic E-state index is 13.2. The molecule has 0 heterocycles. The van der Waals surface area contributed by atoms with Crippen LogP contribution in [0.4, 0.5) is 4.39 Å². The van der Waals surface area contributed by atoms with Gasteiger partial charge in [0.15, 0.2) is 0 Å². The summed E-state index contributed by atoms with van der Waals surface area (Å²) < 4.78 is 13.2. The van der Waals surface area contributed by atoms with E-state index in [0.29, 0.717) is 18.7 Å². The fraction of sp³-hybridized carbons (Fsp3) is 0.417. The van der Waals surface area contributed by atoms with Crippen molar-refractivity contribution in [2.45, 2.75) is 57.5 Å². The SMILES string of the molecule is CCCCNC(=O)[C@H](C)N(Cc1ccc(F)cc1)C(=O)CCSc1ccc(C)cc1. The smallest absolute Gasteiger partial charge is 0.242 e. The normalized spacial score (nSPS) is 11.7. The number of hydrogen-bond donors (Lipinski definition) is 1. The summed E-state index contributed by atoms with van der Waals surface area (Å²) in [6.07, 6.45) is 2.22. The zero-order valence-corrected chi connectivity index (χ0v) is 18.8. The van der Waals surface area contributed by atoms with Gasteiger partial charge < -0.3 is 10.2 Å². The summed E-state index contributed by atoms with van der Waals surface area (Å²) in [7, 11) is 0. The lowest BCUT2D eigenvalue weighted by atomic mass is 10.1. The van der Waals surface area contributed by atoms with Crippen LogP contribution >= 0.6 is 11.8 Å². The monoisotopic (exact) mass is 430 g/mol. The number of halogens is 1. The summed E-state index contributed by atoms with van der Waals surface area (Å²) in [5, 5.41) is 2.90. The summed E-state index contributed by atoms with van der Waals surface area (Å²) in [6, 6.07) is 13.6. The highest BCUT2D eigenvalue weighted by Crippen LogP contribution is 2.20. The van der Waals surface area contributed by atoms with Crippen LogP contribution < -0.4 is 5.32 Å². The van der Waals surface area contributed by atoms with Gasteiger partial charge in [0.25, 0.3) is 0 Å². The van der Waals surface area contributed by atoms with Crippen molar-refractivity contribution in [3.8, 4) is 0 Å². The lowest BCUT2D eigenvalue weighted by Gasteiger charge is -2.29. The average Bonchev–Trinajstić information content (AvgIpc) is 2.74. The van der Waals surface area contributed by atoms with Gasteiger partial charge in [-0.3, -0.25) is 9.59 Å². The van der Waals surface area contributed by atoms with Crippen molar-refractivity contribution in [2.75, 3.05) is 12.3 Å². The minimum Gasteiger partial charge on any atom is -0.354 e. The number of rotatable bonds is 11. The highest BCUT2D eigenvalue weighted by Gasteiger charge is 2.25. The molecule has 2 amide bonds. The molecule has 1 N–H and O–H groups in total. The fourth-order valence-corrected chi connectivity index (χ4v) is 3.78. The Morgan fingerprint density at radius 3 is 2.40 bits per heavy atom. The van der Waals surface area contributed by atoms with Crippen LogP contribution in [0.5, 0.6) is 0 Å². The van der Waals surface area contributed by atoms with Gasteiger partial charge in [-0.15, -0.1) is 11.8 Å². The average molecular weight is 431 g/mol. The Morgan fingerprint density at radius 2 is 1.77 bits per heavy atom. The minimum absolute atomic E-state index is 0.0860. The van der Waals surface area contributed by atoms with Crippen molar-refractivity contribution in [3.63, 3.8) is 0 Å². The maximum absolute atomic E-state index is 13.2. The zero-order valence-electron chi connectivity index (χ0n) is 18.0. The van der Waals surface area contributed by atoms with Gasteiger partial charge >= 0.3 is 0 Å². The standard InChI is InChI=1S/C24H31FN2O2S/c1-4-5-15-26-24(29)19(3)27(17-20-8-10-21(25)11-9-20)23(28)14-16-30-22-12-6-18(2)7-13-22/h6-13,19H,4-5,14-17H2,1-3H3,(H,26,29)/t19-/m0/s1. The predicted octanol–water partition coefficient (Wildman–Crippen LogP) is 4.95. The summed E-state index contributed by atoms with van der Waals surface area (Å²) in [5.41, 5.74) is 1.99. The number of hydrogen-bond acceptors (Lipinski definition) is 3. The van der Waals surface area contributed by atoms with Crippen LogP contribution in [-0.4, -0.2) is 35.1 Å². The summed E-state index contributed by atoms with van der Waals surface area (Å²) in [4.78, 5) is 28.3. The van der Waals surface area contributed by atoms with Crippen LogP contribution in [0.2, 0.25) is 0 Å². The summed E-state index contributed by atoms with van der Waals surface area (Å²) in [6.45, 7) is 6.72. The lowest BCUT2D eigenvalue weighted by Crippen LogP contribution is -2.47. The minimum atomic E-state index is -0.594. The van der Waals surface area contributed by atoms with Gasteiger partial charge in [0, 0.05) is 30.2 Å². The first-order chi connectivity index (χ1) is 14.4. The Morgan fingerprint density at radius 1 is 1.10 bits per heavy atom. The molecular weight excluding hydrogens is 399 g/mol. The van der Waals surface area contributed by atoms with Crippen molar-refractivity contribution in [1.29, 1.82) is 0 Å². The molecule has 0 unspecified atom stereocenters. The van der Waals surface area contributed by atoms with Gasteiger partial charge in [0.1, 0.15) is 11.9 Å². The van der Waals surface area contributed by atoms with Crippen LogP contribution in [0.15, 0.2) is 53.4 Å². The highest BCUT2D eigenvalue weighted by molar-refractivity contribution is 7.99. The van der Waals surface area contributed by atoms with E-state index < -0.39 is 6.04 Å². The lowest BCUT2D eigenvalue weighted by molar-refractivity contribution is -0.140. The van der Waals surface area contributed by atoms with Gasteiger partial charge in [-0.1, -0.05) is 43.2 Å². The van der Waals surface area contributed by atoms with E-state index in [9.17, 15) is 14.0 Å². The Labute approximate surface area is 183 Å². The second kappa shape index (κ2) is 12.4. The van der Waals surface area contributed by atoms with E-state index in [2.05, 4.69) is 12.2 Å². The first-order valence-corrected chi connectivity index (χ1v) is 11.4. The molecular formula is C24H31FN2O2S. The molecule has 0 saturated heterocycles. The predicted molar refractivity (Wildman–Crippen MR) is 121 cm³/mol. The molecule has 0 aromatic heterocycles. The second-order valence-corrected chi connectivity index (χ2v) is 8.55. The van der Waals surface area contributed by atoms with E-state index in [4.69, 9.17) is 0 Å². The number of carbonyl (C=O) groups is 2. The van der Waals surface area contributed by atoms with Gasteiger partial charge in [0.2, 0.25) is 11.8 Å². The van der Waals surface area contributed by atoms with E-state index >= 15 is 0 Å². The topological polar surface area (TPSA) is 49.4 Å². The van der Waals surface area contributed by atoms with E-state index in [0.717, 1.165) is 23.3 Å². The number of carbonyl (C=O) groups excluding carboxylic acids is 2. The van der Waals surface area contributed by atoms with Crippen LogP contribution in [0, 0.1) is 12.7 Å². The van der Waals surface area contributed by atoms with Crippen molar-refractivity contribution in [2.24, 2.45) is 0 Å². The molecule has 0 saturated carbocycles. The van der Waals surface area contributed by atoms with E-state index in [1.54, 1.807) is 35.7 Å². The van der Waals surface area contributed by atoms with Crippen LogP contribution in [-0.2, 0) is 16.1 Å². The number of benzene rings is 2.